The van der Waals surface area contributed by atoms with Gasteiger partial charge < -0.3 is 5.11 Å². The average molecular weight is 144 g/mol. The number of rotatable bonds is 2. The van der Waals surface area contributed by atoms with E-state index in [9.17, 15) is 5.11 Å². The molecule has 0 aromatic carbocycles. The van der Waals surface area contributed by atoms with Crippen molar-refractivity contribution < 1.29 is 5.11 Å². The summed E-state index contributed by atoms with van der Waals surface area (Å²) in [7, 11) is 0. The zero-order valence-corrected chi connectivity index (χ0v) is 7.81. The van der Waals surface area contributed by atoms with Crippen LogP contribution in [0.3, 0.4) is 0 Å². The lowest BCUT2D eigenvalue weighted by atomic mass is 9.86. The van der Waals surface area contributed by atoms with Crippen LogP contribution in [0.5, 0.6) is 0 Å². The number of aliphatic hydroxyl groups excluding tert-OH is 1. The van der Waals surface area contributed by atoms with E-state index in [1.165, 1.54) is 0 Å². The van der Waals surface area contributed by atoms with Crippen molar-refractivity contribution in [2.45, 2.75) is 47.1 Å². The van der Waals surface area contributed by atoms with Crippen LogP contribution in [0.25, 0.3) is 0 Å². The minimum absolute atomic E-state index is 0.139. The van der Waals surface area contributed by atoms with E-state index in [4.69, 9.17) is 0 Å². The van der Waals surface area contributed by atoms with Gasteiger partial charge in [-0.1, -0.05) is 34.6 Å². The van der Waals surface area contributed by atoms with Crippen LogP contribution in [-0.4, -0.2) is 11.2 Å². The summed E-state index contributed by atoms with van der Waals surface area (Å²) in [6, 6.07) is 0. The van der Waals surface area contributed by atoms with Gasteiger partial charge in [0.05, 0.1) is 6.10 Å². The van der Waals surface area contributed by atoms with Crippen molar-refractivity contribution in [2.24, 2.45) is 11.3 Å². The molecule has 0 aromatic heterocycles. The standard InChI is InChI=1S/C9H20O/c1-7(2)8(10)6-9(3,4)5/h7-8,10H,6H2,1-5H3. The first kappa shape index (κ1) is 9.96. The Labute approximate surface area is 64.5 Å². The molecule has 0 saturated carbocycles. The predicted octanol–water partition coefficient (Wildman–Crippen LogP) is 2.44. The Morgan fingerprint density at radius 3 is 1.70 bits per heavy atom. The van der Waals surface area contributed by atoms with Crippen LogP contribution in [0.1, 0.15) is 41.0 Å². The smallest absolute Gasteiger partial charge is 0.0568 e. The topological polar surface area (TPSA) is 20.2 Å². The van der Waals surface area contributed by atoms with Crippen LogP contribution in [-0.2, 0) is 0 Å². The molecule has 0 radical (unpaired) electrons. The highest BCUT2D eigenvalue weighted by Crippen LogP contribution is 2.23. The lowest BCUT2D eigenvalue weighted by Gasteiger charge is -2.24. The largest absolute Gasteiger partial charge is 0.393 e. The monoisotopic (exact) mass is 144 g/mol. The van der Waals surface area contributed by atoms with Crippen molar-refractivity contribution in [3.05, 3.63) is 0 Å². The van der Waals surface area contributed by atoms with Crippen LogP contribution >= 0.6 is 0 Å². The van der Waals surface area contributed by atoms with Crippen molar-refractivity contribution in [3.8, 4) is 0 Å². The lowest BCUT2D eigenvalue weighted by molar-refractivity contribution is 0.0803. The third kappa shape index (κ3) is 4.80. The van der Waals surface area contributed by atoms with Gasteiger partial charge in [0.25, 0.3) is 0 Å². The minimum Gasteiger partial charge on any atom is -0.393 e. The van der Waals surface area contributed by atoms with Crippen LogP contribution in [0.15, 0.2) is 0 Å². The fourth-order valence-corrected chi connectivity index (χ4v) is 0.863. The zero-order chi connectivity index (χ0) is 8.36. The van der Waals surface area contributed by atoms with Gasteiger partial charge >= 0.3 is 0 Å². The van der Waals surface area contributed by atoms with E-state index < -0.39 is 0 Å². The Balaban J connectivity index is 3.68. The highest BCUT2D eigenvalue weighted by atomic mass is 16.3. The van der Waals surface area contributed by atoms with Gasteiger partial charge in [0.2, 0.25) is 0 Å². The van der Waals surface area contributed by atoms with Gasteiger partial charge in [-0.25, -0.2) is 0 Å². The summed E-state index contributed by atoms with van der Waals surface area (Å²) in [6.45, 7) is 10.6. The summed E-state index contributed by atoms with van der Waals surface area (Å²) < 4.78 is 0. The summed E-state index contributed by atoms with van der Waals surface area (Å²) in [6.07, 6.45) is 0.755. The second-order valence-corrected chi connectivity index (χ2v) is 4.58. The predicted molar refractivity (Wildman–Crippen MR) is 44.9 cm³/mol. The summed E-state index contributed by atoms with van der Waals surface area (Å²) in [5.74, 6) is 0.388. The van der Waals surface area contributed by atoms with Gasteiger partial charge in [0, 0.05) is 0 Å². The Morgan fingerprint density at radius 1 is 1.20 bits per heavy atom. The average Bonchev–Trinajstić information content (AvgIpc) is 1.60. The normalized spacial score (nSPS) is 15.9. The van der Waals surface area contributed by atoms with Crippen molar-refractivity contribution in [1.82, 2.24) is 0 Å². The summed E-state index contributed by atoms with van der Waals surface area (Å²) in [5.41, 5.74) is 0.254. The highest BCUT2D eigenvalue weighted by molar-refractivity contribution is 4.69. The third-order valence-electron chi connectivity index (χ3n) is 1.59. The van der Waals surface area contributed by atoms with Gasteiger partial charge in [0.1, 0.15) is 0 Å². The molecule has 1 atom stereocenters. The first-order chi connectivity index (χ1) is 4.33. The lowest BCUT2D eigenvalue weighted by Crippen LogP contribution is -2.22. The molecule has 0 aliphatic carbocycles. The number of hydrogen-bond acceptors (Lipinski definition) is 1. The number of hydrogen-bond donors (Lipinski definition) is 1. The van der Waals surface area contributed by atoms with Gasteiger partial charge in [-0.05, 0) is 17.8 Å². The Bertz CT molecular complexity index is 89.4. The molecule has 0 rings (SSSR count). The Hall–Kier alpha value is -0.0400. The fourth-order valence-electron chi connectivity index (χ4n) is 0.863. The molecule has 1 unspecified atom stereocenters. The highest BCUT2D eigenvalue weighted by Gasteiger charge is 2.18. The first-order valence-corrected chi connectivity index (χ1v) is 4.01. The molecule has 0 spiro atoms. The van der Waals surface area contributed by atoms with Crippen LogP contribution in [0, 0.1) is 11.3 Å². The quantitative estimate of drug-likeness (QED) is 0.631. The molecule has 62 valence electrons. The van der Waals surface area contributed by atoms with Crippen LogP contribution in [0.4, 0.5) is 0 Å². The molecule has 1 heteroatoms. The molecule has 10 heavy (non-hydrogen) atoms. The van der Waals surface area contributed by atoms with E-state index in [2.05, 4.69) is 34.6 Å². The van der Waals surface area contributed by atoms with Gasteiger partial charge in [-0.2, -0.15) is 0 Å². The molecule has 0 bridgehead atoms. The summed E-state index contributed by atoms with van der Waals surface area (Å²) >= 11 is 0. The van der Waals surface area contributed by atoms with E-state index >= 15 is 0 Å². The van der Waals surface area contributed by atoms with E-state index in [1.54, 1.807) is 0 Å². The van der Waals surface area contributed by atoms with Crippen LogP contribution < -0.4 is 0 Å². The number of aliphatic hydroxyl groups is 1. The molecular formula is C9H20O. The zero-order valence-electron chi connectivity index (χ0n) is 7.81. The molecule has 0 heterocycles. The second kappa shape index (κ2) is 3.38. The Morgan fingerprint density at radius 2 is 1.60 bits per heavy atom. The van der Waals surface area contributed by atoms with Crippen molar-refractivity contribution >= 4 is 0 Å². The van der Waals surface area contributed by atoms with Crippen molar-refractivity contribution in [1.29, 1.82) is 0 Å². The molecule has 0 aliphatic heterocycles. The van der Waals surface area contributed by atoms with Crippen molar-refractivity contribution in [3.63, 3.8) is 0 Å². The maximum atomic E-state index is 9.46. The van der Waals surface area contributed by atoms with E-state index in [0.29, 0.717) is 5.92 Å². The van der Waals surface area contributed by atoms with E-state index in [1.807, 2.05) is 0 Å². The minimum atomic E-state index is -0.139. The molecule has 0 amide bonds. The third-order valence-corrected chi connectivity index (χ3v) is 1.59. The van der Waals surface area contributed by atoms with Crippen LogP contribution in [0.2, 0.25) is 0 Å². The maximum Gasteiger partial charge on any atom is 0.0568 e. The van der Waals surface area contributed by atoms with Gasteiger partial charge in [-0.15, -0.1) is 0 Å². The SMILES string of the molecule is CC(C)C(O)CC(C)(C)C. The van der Waals surface area contributed by atoms with Crippen molar-refractivity contribution in [2.75, 3.05) is 0 Å². The van der Waals surface area contributed by atoms with E-state index in [-0.39, 0.29) is 11.5 Å². The second-order valence-electron chi connectivity index (χ2n) is 4.58. The Kier molecular flexibility index (Phi) is 3.37. The summed E-state index contributed by atoms with van der Waals surface area (Å²) in [5, 5.41) is 9.46. The van der Waals surface area contributed by atoms with Gasteiger partial charge in [-0.3, -0.25) is 0 Å². The molecule has 0 aliphatic rings. The molecule has 0 fully saturated rings. The maximum absolute atomic E-state index is 9.46. The summed E-state index contributed by atoms with van der Waals surface area (Å²) in [4.78, 5) is 0. The molecule has 0 saturated heterocycles. The molecule has 1 N–H and O–H groups in total. The van der Waals surface area contributed by atoms with E-state index in [0.717, 1.165) is 6.42 Å². The molecule has 1 nitrogen and oxygen atoms in total. The molecular weight excluding hydrogens is 124 g/mol. The first-order valence-electron chi connectivity index (χ1n) is 4.01. The van der Waals surface area contributed by atoms with Gasteiger partial charge in [0.15, 0.2) is 0 Å². The molecule has 0 aromatic rings. The fraction of sp³-hybridized carbons (Fsp3) is 1.00.